The summed E-state index contributed by atoms with van der Waals surface area (Å²) in [6.45, 7) is 15.8. The molecule has 0 aliphatic carbocycles. The Morgan fingerprint density at radius 2 is 1.79 bits per heavy atom. The Balaban J connectivity index is 0.00000392. The molecule has 1 amide bonds. The van der Waals surface area contributed by atoms with Gasteiger partial charge in [-0.3, -0.25) is 9.89 Å². The highest BCUT2D eigenvalue weighted by Crippen LogP contribution is 2.27. The normalized spacial score (nSPS) is 25.2. The molecule has 2 aliphatic heterocycles. The van der Waals surface area contributed by atoms with Crippen LogP contribution < -0.4 is 11.1 Å². The van der Waals surface area contributed by atoms with Crippen LogP contribution >= 0.6 is 24.0 Å². The average Bonchev–Trinajstić information content (AvgIpc) is 2.60. The minimum absolute atomic E-state index is 0. The SMILES string of the molecule is CCOC(=O)N1CCC(NC(N)=NCC(C)(C)N2CC(C)CC(C)C2)CC1.I. The summed E-state index contributed by atoms with van der Waals surface area (Å²) in [5.74, 6) is 1.98. The number of piperidine rings is 2. The van der Waals surface area contributed by atoms with Crippen LogP contribution in [0.25, 0.3) is 0 Å². The summed E-state index contributed by atoms with van der Waals surface area (Å²) in [5, 5.41) is 3.33. The van der Waals surface area contributed by atoms with Crippen LogP contribution in [0.4, 0.5) is 4.79 Å². The number of likely N-dealkylation sites (tertiary alicyclic amines) is 2. The fraction of sp³-hybridized carbons (Fsp3) is 0.900. The average molecular weight is 509 g/mol. The zero-order chi connectivity index (χ0) is 20.0. The summed E-state index contributed by atoms with van der Waals surface area (Å²) in [5.41, 5.74) is 6.16. The van der Waals surface area contributed by atoms with E-state index in [-0.39, 0.29) is 41.7 Å². The number of nitrogens with zero attached hydrogens (tertiary/aromatic N) is 3. The molecule has 2 aliphatic rings. The topological polar surface area (TPSA) is 83.2 Å². The molecule has 0 aromatic rings. The van der Waals surface area contributed by atoms with Gasteiger partial charge in [0.15, 0.2) is 5.96 Å². The molecular formula is C20H40IN5O2. The molecule has 0 spiro atoms. The summed E-state index contributed by atoms with van der Waals surface area (Å²) in [6.07, 6.45) is 2.81. The Bertz CT molecular complexity index is 511. The standard InChI is InChI=1S/C20H39N5O2.HI/c1-6-27-19(26)24-9-7-17(8-10-24)23-18(21)22-14-20(4,5)25-12-15(2)11-16(3)13-25;/h15-17H,6-14H2,1-5H3,(H3,21,22,23);1H. The first kappa shape index (κ1) is 25.3. The molecule has 2 atom stereocenters. The Labute approximate surface area is 187 Å². The van der Waals surface area contributed by atoms with Crippen molar-refractivity contribution in [3.8, 4) is 0 Å². The lowest BCUT2D eigenvalue weighted by Gasteiger charge is -2.44. The fourth-order valence-corrected chi connectivity index (χ4v) is 4.21. The molecule has 0 aromatic carbocycles. The third-order valence-electron chi connectivity index (χ3n) is 5.73. The Morgan fingerprint density at radius 1 is 1.21 bits per heavy atom. The van der Waals surface area contributed by atoms with Gasteiger partial charge in [0.25, 0.3) is 0 Å². The summed E-state index contributed by atoms with van der Waals surface area (Å²) in [7, 11) is 0. The van der Waals surface area contributed by atoms with Crippen molar-refractivity contribution in [2.75, 3.05) is 39.3 Å². The summed E-state index contributed by atoms with van der Waals surface area (Å²) >= 11 is 0. The van der Waals surface area contributed by atoms with Gasteiger partial charge in [-0.15, -0.1) is 24.0 Å². The Morgan fingerprint density at radius 3 is 2.32 bits per heavy atom. The van der Waals surface area contributed by atoms with E-state index in [1.165, 1.54) is 6.42 Å². The van der Waals surface area contributed by atoms with Crippen LogP contribution in [0.3, 0.4) is 0 Å². The van der Waals surface area contributed by atoms with E-state index in [0.717, 1.165) is 37.8 Å². The van der Waals surface area contributed by atoms with Gasteiger partial charge in [0.05, 0.1) is 13.2 Å². The second-order valence-corrected chi connectivity index (χ2v) is 8.97. The number of aliphatic imine (C=N–C) groups is 1. The van der Waals surface area contributed by atoms with E-state index < -0.39 is 0 Å². The number of nitrogens with two attached hydrogens (primary N) is 1. The van der Waals surface area contributed by atoms with Gasteiger partial charge in [0.2, 0.25) is 0 Å². The van der Waals surface area contributed by atoms with E-state index in [9.17, 15) is 4.79 Å². The number of nitrogens with one attached hydrogen (secondary N) is 1. The lowest BCUT2D eigenvalue weighted by atomic mass is 9.88. The van der Waals surface area contributed by atoms with Crippen LogP contribution in [0.2, 0.25) is 0 Å². The molecule has 0 radical (unpaired) electrons. The lowest BCUT2D eigenvalue weighted by molar-refractivity contribution is 0.0512. The molecule has 7 nitrogen and oxygen atoms in total. The summed E-state index contributed by atoms with van der Waals surface area (Å²) in [4.78, 5) is 20.7. The quantitative estimate of drug-likeness (QED) is 0.339. The van der Waals surface area contributed by atoms with E-state index in [4.69, 9.17) is 10.5 Å². The Kier molecular flexibility index (Phi) is 10.3. The van der Waals surface area contributed by atoms with Crippen LogP contribution in [0, 0.1) is 11.8 Å². The maximum Gasteiger partial charge on any atom is 0.409 e. The third kappa shape index (κ3) is 7.57. The number of rotatable bonds is 5. The van der Waals surface area contributed by atoms with Crippen molar-refractivity contribution in [3.05, 3.63) is 0 Å². The zero-order valence-electron chi connectivity index (χ0n) is 18.2. The van der Waals surface area contributed by atoms with Gasteiger partial charge in [0.1, 0.15) is 0 Å². The van der Waals surface area contributed by atoms with Gasteiger partial charge < -0.3 is 20.7 Å². The predicted molar refractivity (Wildman–Crippen MR) is 125 cm³/mol. The third-order valence-corrected chi connectivity index (χ3v) is 5.73. The van der Waals surface area contributed by atoms with Crippen molar-refractivity contribution < 1.29 is 9.53 Å². The van der Waals surface area contributed by atoms with Gasteiger partial charge in [-0.1, -0.05) is 13.8 Å². The number of hydrogen-bond donors (Lipinski definition) is 2. The molecule has 28 heavy (non-hydrogen) atoms. The zero-order valence-corrected chi connectivity index (χ0v) is 20.6. The van der Waals surface area contributed by atoms with Crippen LogP contribution in [0.5, 0.6) is 0 Å². The van der Waals surface area contributed by atoms with Gasteiger partial charge in [-0.25, -0.2) is 4.79 Å². The Hall–Kier alpha value is -0.770. The van der Waals surface area contributed by atoms with Crippen molar-refractivity contribution >= 4 is 36.0 Å². The van der Waals surface area contributed by atoms with Crippen LogP contribution in [-0.4, -0.2) is 72.8 Å². The largest absolute Gasteiger partial charge is 0.450 e. The lowest BCUT2D eigenvalue weighted by Crippen LogP contribution is -2.53. The number of ether oxygens (including phenoxy) is 1. The van der Waals surface area contributed by atoms with Gasteiger partial charge in [-0.2, -0.15) is 0 Å². The minimum Gasteiger partial charge on any atom is -0.450 e. The molecule has 2 saturated heterocycles. The number of amides is 1. The molecule has 8 heteroatoms. The molecule has 2 heterocycles. The number of hydrogen-bond acceptors (Lipinski definition) is 4. The van der Waals surface area contributed by atoms with E-state index in [2.05, 4.69) is 42.9 Å². The highest BCUT2D eigenvalue weighted by atomic mass is 127. The molecule has 0 aromatic heterocycles. The van der Waals surface area contributed by atoms with E-state index in [1.54, 1.807) is 4.90 Å². The molecule has 3 N–H and O–H groups in total. The van der Waals surface area contributed by atoms with E-state index >= 15 is 0 Å². The van der Waals surface area contributed by atoms with Crippen LogP contribution in [0.1, 0.15) is 53.9 Å². The molecule has 0 saturated carbocycles. The molecule has 2 fully saturated rings. The van der Waals surface area contributed by atoms with Gasteiger partial charge >= 0.3 is 6.09 Å². The molecule has 0 bridgehead atoms. The summed E-state index contributed by atoms with van der Waals surface area (Å²) < 4.78 is 5.06. The molecule has 2 rings (SSSR count). The van der Waals surface area contributed by atoms with Crippen molar-refractivity contribution in [2.24, 2.45) is 22.6 Å². The first-order valence-electron chi connectivity index (χ1n) is 10.4. The van der Waals surface area contributed by atoms with Crippen LogP contribution in [-0.2, 0) is 4.74 Å². The highest BCUT2D eigenvalue weighted by molar-refractivity contribution is 14.0. The molecular weight excluding hydrogens is 469 g/mol. The number of carbonyl (C=O) groups is 1. The van der Waals surface area contributed by atoms with Crippen molar-refractivity contribution in [1.82, 2.24) is 15.1 Å². The van der Waals surface area contributed by atoms with E-state index in [1.807, 2.05) is 6.92 Å². The second kappa shape index (κ2) is 11.4. The fourth-order valence-electron chi connectivity index (χ4n) is 4.21. The van der Waals surface area contributed by atoms with Crippen molar-refractivity contribution in [1.29, 1.82) is 0 Å². The number of halogens is 1. The highest BCUT2D eigenvalue weighted by Gasteiger charge is 2.32. The van der Waals surface area contributed by atoms with Crippen LogP contribution in [0.15, 0.2) is 4.99 Å². The first-order valence-corrected chi connectivity index (χ1v) is 10.4. The van der Waals surface area contributed by atoms with Crippen molar-refractivity contribution in [3.63, 3.8) is 0 Å². The van der Waals surface area contributed by atoms with E-state index in [0.29, 0.717) is 32.2 Å². The maximum atomic E-state index is 11.8. The van der Waals surface area contributed by atoms with Gasteiger partial charge in [0, 0.05) is 37.8 Å². The minimum atomic E-state index is -0.218. The molecule has 2 unspecified atom stereocenters. The smallest absolute Gasteiger partial charge is 0.409 e. The summed E-state index contributed by atoms with van der Waals surface area (Å²) in [6, 6.07) is 0.262. The number of carbonyl (C=O) groups excluding carboxylic acids is 1. The monoisotopic (exact) mass is 509 g/mol. The molecule has 164 valence electrons. The van der Waals surface area contributed by atoms with Gasteiger partial charge in [-0.05, 0) is 51.9 Å². The first-order chi connectivity index (χ1) is 12.7. The maximum absolute atomic E-state index is 11.8. The number of guanidine groups is 1. The van der Waals surface area contributed by atoms with Crippen molar-refractivity contribution in [2.45, 2.75) is 65.5 Å². The second-order valence-electron chi connectivity index (χ2n) is 8.97. The predicted octanol–water partition coefficient (Wildman–Crippen LogP) is 2.89.